The van der Waals surface area contributed by atoms with E-state index in [9.17, 15) is 19.5 Å². The Morgan fingerprint density at radius 1 is 1.36 bits per heavy atom. The van der Waals surface area contributed by atoms with E-state index in [4.69, 9.17) is 0 Å². The summed E-state index contributed by atoms with van der Waals surface area (Å²) < 4.78 is 0. The van der Waals surface area contributed by atoms with Crippen molar-refractivity contribution in [1.82, 2.24) is 20.3 Å². The van der Waals surface area contributed by atoms with E-state index in [1.165, 1.54) is 0 Å². The molecule has 8 nitrogen and oxygen atoms in total. The van der Waals surface area contributed by atoms with E-state index in [1.54, 1.807) is 19.2 Å². The number of aliphatic hydroxyl groups excluding tert-OH is 1. The molecular formula is C17H20N4O4. The van der Waals surface area contributed by atoms with Crippen molar-refractivity contribution in [3.8, 4) is 0 Å². The van der Waals surface area contributed by atoms with Crippen LogP contribution in [0.4, 0.5) is 0 Å². The van der Waals surface area contributed by atoms with Crippen LogP contribution in [0.5, 0.6) is 0 Å². The largest absolute Gasteiger partial charge is 0.393 e. The van der Waals surface area contributed by atoms with Gasteiger partial charge in [0.1, 0.15) is 0 Å². The molecule has 25 heavy (non-hydrogen) atoms. The van der Waals surface area contributed by atoms with Crippen LogP contribution in [0.2, 0.25) is 0 Å². The van der Waals surface area contributed by atoms with Crippen molar-refractivity contribution in [3.63, 3.8) is 0 Å². The summed E-state index contributed by atoms with van der Waals surface area (Å²) in [6.45, 7) is 1.58. The molecular weight excluding hydrogens is 324 g/mol. The zero-order chi connectivity index (χ0) is 18.0. The fourth-order valence-electron chi connectivity index (χ4n) is 3.12. The molecule has 0 aromatic carbocycles. The standard InChI is InChI=1S/C17H20N4O4/c1-9-12(16(24)21-17(25)19-9)8-14(23)20-15(10-6-11(22)7-10)13-4-2-3-5-18-13/h2-5,10-11,15,22H,6-8H2,1H3,(H,20,23)(H2,19,21,24,25)/t10?,11?,15-/m1/s1. The number of nitrogens with zero attached hydrogens (tertiary/aromatic N) is 1. The van der Waals surface area contributed by atoms with E-state index in [1.807, 2.05) is 12.1 Å². The Labute approximate surface area is 143 Å². The topological polar surface area (TPSA) is 128 Å². The molecule has 1 fully saturated rings. The van der Waals surface area contributed by atoms with Crippen LogP contribution in [0.1, 0.15) is 35.8 Å². The Kier molecular flexibility index (Phi) is 4.80. The normalized spacial score (nSPS) is 20.6. The van der Waals surface area contributed by atoms with Crippen LogP contribution in [0.25, 0.3) is 0 Å². The SMILES string of the molecule is Cc1[nH]c(=O)[nH]c(=O)c1CC(=O)N[C@@H](c1ccccn1)C1CC(O)C1. The number of aromatic amines is 2. The number of nitrogens with one attached hydrogen (secondary N) is 3. The van der Waals surface area contributed by atoms with Gasteiger partial charge in [0, 0.05) is 17.5 Å². The summed E-state index contributed by atoms with van der Waals surface area (Å²) in [4.78, 5) is 44.5. The molecule has 4 N–H and O–H groups in total. The summed E-state index contributed by atoms with van der Waals surface area (Å²) >= 11 is 0. The van der Waals surface area contributed by atoms with Crippen LogP contribution in [-0.2, 0) is 11.2 Å². The molecule has 0 saturated heterocycles. The molecule has 2 aromatic rings. The summed E-state index contributed by atoms with van der Waals surface area (Å²) in [5.41, 5.74) is 0.161. The molecule has 8 heteroatoms. The highest BCUT2D eigenvalue weighted by Crippen LogP contribution is 2.37. The van der Waals surface area contributed by atoms with Gasteiger partial charge < -0.3 is 15.4 Å². The summed E-state index contributed by atoms with van der Waals surface area (Å²) in [5.74, 6) is -0.235. The van der Waals surface area contributed by atoms with Crippen LogP contribution < -0.4 is 16.6 Å². The first kappa shape index (κ1) is 17.1. The van der Waals surface area contributed by atoms with Gasteiger partial charge in [-0.2, -0.15) is 0 Å². The lowest BCUT2D eigenvalue weighted by molar-refractivity contribution is -0.122. The van der Waals surface area contributed by atoms with Gasteiger partial charge in [0.05, 0.1) is 24.3 Å². The van der Waals surface area contributed by atoms with Crippen LogP contribution in [0.15, 0.2) is 34.0 Å². The van der Waals surface area contributed by atoms with E-state index >= 15 is 0 Å². The quantitative estimate of drug-likeness (QED) is 0.604. The number of amides is 1. The van der Waals surface area contributed by atoms with E-state index in [2.05, 4.69) is 20.3 Å². The number of rotatable bonds is 5. The first-order valence-corrected chi connectivity index (χ1v) is 8.14. The van der Waals surface area contributed by atoms with Gasteiger partial charge in [0.2, 0.25) is 5.91 Å². The lowest BCUT2D eigenvalue weighted by atomic mass is 9.76. The fraction of sp³-hybridized carbons (Fsp3) is 0.412. The van der Waals surface area contributed by atoms with Crippen molar-refractivity contribution in [2.75, 3.05) is 0 Å². The molecule has 3 rings (SSSR count). The second kappa shape index (κ2) is 7.02. The van der Waals surface area contributed by atoms with Gasteiger partial charge in [-0.05, 0) is 37.8 Å². The Morgan fingerprint density at radius 3 is 2.72 bits per heavy atom. The average Bonchev–Trinajstić information content (AvgIpc) is 2.54. The maximum absolute atomic E-state index is 12.5. The van der Waals surface area contributed by atoms with Gasteiger partial charge >= 0.3 is 5.69 Å². The van der Waals surface area contributed by atoms with Crippen molar-refractivity contribution in [3.05, 3.63) is 62.2 Å². The first-order valence-electron chi connectivity index (χ1n) is 8.14. The van der Waals surface area contributed by atoms with Crippen molar-refractivity contribution in [2.45, 2.75) is 38.3 Å². The molecule has 132 valence electrons. The maximum Gasteiger partial charge on any atom is 0.325 e. The molecule has 0 radical (unpaired) electrons. The van der Waals surface area contributed by atoms with Crippen LogP contribution >= 0.6 is 0 Å². The predicted molar refractivity (Wildman–Crippen MR) is 90.0 cm³/mol. The van der Waals surface area contributed by atoms with E-state index in [0.717, 1.165) is 5.69 Å². The van der Waals surface area contributed by atoms with Crippen LogP contribution in [0, 0.1) is 12.8 Å². The van der Waals surface area contributed by atoms with Gasteiger partial charge in [-0.15, -0.1) is 0 Å². The van der Waals surface area contributed by atoms with Crippen molar-refractivity contribution in [2.24, 2.45) is 5.92 Å². The van der Waals surface area contributed by atoms with Gasteiger partial charge in [-0.1, -0.05) is 6.07 Å². The molecule has 2 aromatic heterocycles. The lowest BCUT2D eigenvalue weighted by Crippen LogP contribution is -2.42. The van der Waals surface area contributed by atoms with Crippen molar-refractivity contribution in [1.29, 1.82) is 0 Å². The zero-order valence-electron chi connectivity index (χ0n) is 13.8. The number of pyridine rings is 1. The third-order valence-electron chi connectivity index (χ3n) is 4.54. The number of aliphatic hydroxyl groups is 1. The Balaban J connectivity index is 1.77. The highest BCUT2D eigenvalue weighted by Gasteiger charge is 2.36. The van der Waals surface area contributed by atoms with Gasteiger partial charge in [-0.25, -0.2) is 4.79 Å². The molecule has 1 atom stereocenters. The Hall–Kier alpha value is -2.74. The van der Waals surface area contributed by atoms with Gasteiger partial charge in [0.15, 0.2) is 0 Å². The lowest BCUT2D eigenvalue weighted by Gasteiger charge is -2.37. The van der Waals surface area contributed by atoms with E-state index in [0.29, 0.717) is 18.5 Å². The van der Waals surface area contributed by atoms with E-state index in [-0.39, 0.29) is 36.0 Å². The number of carbonyl (C=O) groups excluding carboxylic acids is 1. The second-order valence-corrected chi connectivity index (χ2v) is 6.37. The number of hydrogen-bond donors (Lipinski definition) is 4. The molecule has 1 aliphatic rings. The van der Waals surface area contributed by atoms with Crippen LogP contribution in [0.3, 0.4) is 0 Å². The van der Waals surface area contributed by atoms with Crippen molar-refractivity contribution >= 4 is 5.91 Å². The molecule has 1 amide bonds. The Morgan fingerprint density at radius 2 is 2.12 bits per heavy atom. The maximum atomic E-state index is 12.5. The van der Waals surface area contributed by atoms with E-state index < -0.39 is 11.2 Å². The van der Waals surface area contributed by atoms with Crippen LogP contribution in [-0.4, -0.2) is 32.1 Å². The molecule has 2 heterocycles. The van der Waals surface area contributed by atoms with Crippen molar-refractivity contribution < 1.29 is 9.90 Å². The third kappa shape index (κ3) is 3.85. The highest BCUT2D eigenvalue weighted by atomic mass is 16.3. The molecule has 0 spiro atoms. The number of H-pyrrole nitrogens is 2. The second-order valence-electron chi connectivity index (χ2n) is 6.37. The number of hydrogen-bond acceptors (Lipinski definition) is 5. The average molecular weight is 344 g/mol. The monoisotopic (exact) mass is 344 g/mol. The number of aromatic nitrogens is 3. The molecule has 0 aliphatic heterocycles. The van der Waals surface area contributed by atoms with Gasteiger partial charge in [-0.3, -0.25) is 19.6 Å². The smallest absolute Gasteiger partial charge is 0.325 e. The summed E-state index contributed by atoms with van der Waals surface area (Å²) in [6.07, 6.45) is 2.36. The minimum absolute atomic E-state index is 0.101. The van der Waals surface area contributed by atoms with Gasteiger partial charge in [0.25, 0.3) is 5.56 Å². The number of aryl methyl sites for hydroxylation is 1. The predicted octanol–water partition coefficient (Wildman–Crippen LogP) is -0.0625. The zero-order valence-corrected chi connectivity index (χ0v) is 13.8. The number of carbonyl (C=O) groups is 1. The first-order chi connectivity index (χ1) is 11.9. The Bertz CT molecular complexity index is 868. The summed E-state index contributed by atoms with van der Waals surface area (Å²) in [7, 11) is 0. The third-order valence-corrected chi connectivity index (χ3v) is 4.54. The minimum atomic E-state index is -0.596. The summed E-state index contributed by atoms with van der Waals surface area (Å²) in [5, 5.41) is 12.5. The summed E-state index contributed by atoms with van der Waals surface area (Å²) in [6, 6.07) is 5.14. The molecule has 1 aliphatic carbocycles. The fourth-order valence-corrected chi connectivity index (χ4v) is 3.12. The molecule has 0 unspecified atom stereocenters. The highest BCUT2D eigenvalue weighted by molar-refractivity contribution is 5.79. The molecule has 1 saturated carbocycles. The minimum Gasteiger partial charge on any atom is -0.393 e. The molecule has 0 bridgehead atoms.